The number of aliphatic hydroxyl groups excluding tert-OH is 1. The zero-order chi connectivity index (χ0) is 19.7. The molecule has 1 aliphatic rings. The third-order valence-corrected chi connectivity index (χ3v) is 9.84. The van der Waals surface area contributed by atoms with Crippen molar-refractivity contribution < 1.29 is 14.3 Å². The molecule has 4 unspecified atom stereocenters. The smallest absolute Gasteiger partial charge is 0.330 e. The molecular weight excluding hydrogens is 354 g/mol. The van der Waals surface area contributed by atoms with E-state index < -0.39 is 38.0 Å². The fourth-order valence-electron chi connectivity index (χ4n) is 2.83. The Morgan fingerprint density at radius 3 is 2.58 bits per heavy atom. The number of aliphatic hydroxyl groups is 1. The van der Waals surface area contributed by atoms with Crippen LogP contribution < -0.4 is 11.2 Å². The van der Waals surface area contributed by atoms with Gasteiger partial charge in [-0.15, -0.1) is 0 Å². The summed E-state index contributed by atoms with van der Waals surface area (Å²) >= 11 is 0. The molecule has 1 fully saturated rings. The number of nitriles is 1. The summed E-state index contributed by atoms with van der Waals surface area (Å²) in [5, 5.41) is 18.8. The minimum absolute atomic E-state index is 0.0813. The first kappa shape index (κ1) is 20.6. The van der Waals surface area contributed by atoms with E-state index in [2.05, 4.69) is 44.9 Å². The van der Waals surface area contributed by atoms with Crippen LogP contribution in [-0.4, -0.2) is 41.8 Å². The van der Waals surface area contributed by atoms with Gasteiger partial charge in [-0.05, 0) is 18.1 Å². The molecule has 1 aliphatic heterocycles. The Hall–Kier alpha value is -1.73. The van der Waals surface area contributed by atoms with Gasteiger partial charge < -0.3 is 14.3 Å². The van der Waals surface area contributed by atoms with Gasteiger partial charge in [-0.2, -0.15) is 5.26 Å². The summed E-state index contributed by atoms with van der Waals surface area (Å²) in [6.07, 6.45) is -0.510. The van der Waals surface area contributed by atoms with Crippen molar-refractivity contribution in [2.45, 2.75) is 63.8 Å². The molecule has 8 nitrogen and oxygen atoms in total. The molecule has 0 spiro atoms. The van der Waals surface area contributed by atoms with Crippen LogP contribution in [0.3, 0.4) is 0 Å². The standard InChI is InChI=1S/C17H27N3O5Si/c1-17(2,3)26(4,5)25-14-11(6-8-18)12(10-21)24-15(14)20-9-7-13(22)19-16(20)23/h7,9,11-12,14-15,21H,6,10H2,1-5H3,(H,19,22,23). The van der Waals surface area contributed by atoms with E-state index in [1.54, 1.807) is 0 Å². The number of hydrogen-bond acceptors (Lipinski definition) is 6. The van der Waals surface area contributed by atoms with Crippen molar-refractivity contribution >= 4 is 8.32 Å². The normalized spacial score (nSPS) is 26.7. The van der Waals surface area contributed by atoms with Crippen molar-refractivity contribution in [1.29, 1.82) is 5.26 Å². The van der Waals surface area contributed by atoms with Crippen molar-refractivity contribution in [3.63, 3.8) is 0 Å². The molecule has 26 heavy (non-hydrogen) atoms. The Kier molecular flexibility index (Phi) is 5.92. The zero-order valence-electron chi connectivity index (χ0n) is 15.9. The van der Waals surface area contributed by atoms with Crippen molar-refractivity contribution in [3.05, 3.63) is 33.1 Å². The number of aromatic nitrogens is 2. The second-order valence-corrected chi connectivity index (χ2v) is 12.9. The Morgan fingerprint density at radius 1 is 1.42 bits per heavy atom. The van der Waals surface area contributed by atoms with E-state index in [-0.39, 0.29) is 24.0 Å². The maximum Gasteiger partial charge on any atom is 0.330 e. The quantitative estimate of drug-likeness (QED) is 0.744. The first-order valence-corrected chi connectivity index (χ1v) is 11.5. The number of hydrogen-bond donors (Lipinski definition) is 2. The Bertz CT molecular complexity index is 789. The van der Waals surface area contributed by atoms with Crippen LogP contribution in [0.4, 0.5) is 0 Å². The highest BCUT2D eigenvalue weighted by Gasteiger charge is 2.50. The van der Waals surface area contributed by atoms with E-state index in [1.807, 2.05) is 0 Å². The highest BCUT2D eigenvalue weighted by molar-refractivity contribution is 6.74. The monoisotopic (exact) mass is 381 g/mol. The molecule has 0 saturated carbocycles. The SMILES string of the molecule is CC(C)(C)[Si](C)(C)OC1C(CC#N)C(CO)OC1n1ccc(=O)[nH]c1=O. The summed E-state index contributed by atoms with van der Waals surface area (Å²) in [5.41, 5.74) is -1.11. The van der Waals surface area contributed by atoms with Crippen molar-refractivity contribution in [2.24, 2.45) is 5.92 Å². The molecule has 1 aromatic heterocycles. The van der Waals surface area contributed by atoms with Gasteiger partial charge in [0.25, 0.3) is 5.56 Å². The van der Waals surface area contributed by atoms with E-state index >= 15 is 0 Å². The number of rotatable bonds is 5. The molecule has 1 aromatic rings. The Labute approximate surface area is 153 Å². The number of nitrogens with one attached hydrogen (secondary N) is 1. The summed E-state index contributed by atoms with van der Waals surface area (Å²) in [4.78, 5) is 25.8. The lowest BCUT2D eigenvalue weighted by Gasteiger charge is -2.40. The summed E-state index contributed by atoms with van der Waals surface area (Å²) in [7, 11) is -2.24. The molecule has 2 heterocycles. The molecule has 0 aliphatic carbocycles. The van der Waals surface area contributed by atoms with Crippen molar-refractivity contribution in [3.8, 4) is 6.07 Å². The van der Waals surface area contributed by atoms with E-state index in [0.29, 0.717) is 0 Å². The van der Waals surface area contributed by atoms with E-state index in [9.17, 15) is 20.0 Å². The number of nitrogens with zero attached hydrogens (tertiary/aromatic N) is 2. The van der Waals surface area contributed by atoms with Gasteiger partial charge in [-0.1, -0.05) is 20.8 Å². The summed E-state index contributed by atoms with van der Waals surface area (Å²) in [6.45, 7) is 10.2. The van der Waals surface area contributed by atoms with Crippen LogP contribution in [-0.2, 0) is 9.16 Å². The summed E-state index contributed by atoms with van der Waals surface area (Å²) < 4.78 is 13.7. The van der Waals surface area contributed by atoms with Gasteiger partial charge in [0, 0.05) is 24.6 Å². The van der Waals surface area contributed by atoms with Crippen LogP contribution in [0.2, 0.25) is 18.1 Å². The lowest BCUT2D eigenvalue weighted by atomic mass is 9.95. The van der Waals surface area contributed by atoms with Gasteiger partial charge in [0.05, 0.1) is 24.9 Å². The average Bonchev–Trinajstić information content (AvgIpc) is 2.84. The maximum atomic E-state index is 12.3. The molecule has 0 aromatic carbocycles. The number of H-pyrrole nitrogens is 1. The van der Waals surface area contributed by atoms with Crippen molar-refractivity contribution in [1.82, 2.24) is 9.55 Å². The molecular formula is C17H27N3O5Si. The van der Waals surface area contributed by atoms with Crippen LogP contribution >= 0.6 is 0 Å². The van der Waals surface area contributed by atoms with E-state index in [4.69, 9.17) is 9.16 Å². The van der Waals surface area contributed by atoms with Crippen LogP contribution in [0.25, 0.3) is 0 Å². The lowest BCUT2D eigenvalue weighted by Crippen LogP contribution is -2.48. The van der Waals surface area contributed by atoms with Crippen LogP contribution in [0.5, 0.6) is 0 Å². The fourth-order valence-corrected chi connectivity index (χ4v) is 4.15. The molecule has 0 radical (unpaired) electrons. The number of ether oxygens (including phenoxy) is 1. The van der Waals surface area contributed by atoms with Crippen LogP contribution in [0, 0.1) is 17.2 Å². The first-order valence-electron chi connectivity index (χ1n) is 8.64. The number of aromatic amines is 1. The predicted octanol–water partition coefficient (Wildman–Crippen LogP) is 1.35. The zero-order valence-corrected chi connectivity index (χ0v) is 16.9. The highest BCUT2D eigenvalue weighted by atomic mass is 28.4. The largest absolute Gasteiger partial charge is 0.409 e. The molecule has 1 saturated heterocycles. The molecule has 2 rings (SSSR count). The third kappa shape index (κ3) is 3.99. The fraction of sp³-hybridized carbons (Fsp3) is 0.706. The van der Waals surface area contributed by atoms with Gasteiger partial charge in [0.1, 0.15) is 0 Å². The van der Waals surface area contributed by atoms with E-state index in [0.717, 1.165) is 0 Å². The second kappa shape index (κ2) is 7.48. The Morgan fingerprint density at radius 2 is 2.08 bits per heavy atom. The molecule has 0 bridgehead atoms. The summed E-state index contributed by atoms with van der Waals surface area (Å²) in [6, 6.07) is 3.36. The molecule has 0 amide bonds. The van der Waals surface area contributed by atoms with E-state index in [1.165, 1.54) is 16.8 Å². The molecule has 4 atom stereocenters. The minimum atomic E-state index is -2.24. The maximum absolute atomic E-state index is 12.3. The third-order valence-electron chi connectivity index (χ3n) is 5.36. The van der Waals surface area contributed by atoms with Gasteiger partial charge in [0.15, 0.2) is 14.5 Å². The lowest BCUT2D eigenvalue weighted by molar-refractivity contribution is -0.0511. The van der Waals surface area contributed by atoms with Gasteiger partial charge >= 0.3 is 5.69 Å². The first-order chi connectivity index (χ1) is 12.0. The van der Waals surface area contributed by atoms with Gasteiger partial charge in [-0.3, -0.25) is 14.3 Å². The van der Waals surface area contributed by atoms with Crippen LogP contribution in [0.15, 0.2) is 21.9 Å². The summed E-state index contributed by atoms with van der Waals surface area (Å²) in [5.74, 6) is -0.372. The second-order valence-electron chi connectivity index (χ2n) is 8.13. The Balaban J connectivity index is 2.49. The van der Waals surface area contributed by atoms with Crippen LogP contribution in [0.1, 0.15) is 33.4 Å². The average molecular weight is 382 g/mol. The topological polar surface area (TPSA) is 117 Å². The molecule has 2 N–H and O–H groups in total. The van der Waals surface area contributed by atoms with Crippen molar-refractivity contribution in [2.75, 3.05) is 6.61 Å². The molecule has 144 valence electrons. The minimum Gasteiger partial charge on any atom is -0.409 e. The predicted molar refractivity (Wildman–Crippen MR) is 98.1 cm³/mol. The van der Waals surface area contributed by atoms with Gasteiger partial charge in [-0.25, -0.2) is 4.79 Å². The highest BCUT2D eigenvalue weighted by Crippen LogP contribution is 2.44. The molecule has 9 heteroatoms. The van der Waals surface area contributed by atoms with Gasteiger partial charge in [0.2, 0.25) is 0 Å².